The van der Waals surface area contributed by atoms with E-state index in [1.54, 1.807) is 0 Å². The van der Waals surface area contributed by atoms with E-state index >= 15 is 0 Å². The van der Waals surface area contributed by atoms with Crippen LogP contribution in [0.2, 0.25) is 0 Å². The Hall–Kier alpha value is -0.370. The van der Waals surface area contributed by atoms with Crippen molar-refractivity contribution in [3.05, 3.63) is 0 Å². The first-order valence-electron chi connectivity index (χ1n) is 5.10. The minimum absolute atomic E-state index is 0.290. The third-order valence-corrected chi connectivity index (χ3v) is 3.70. The SMILES string of the molecule is CC(C)(N)C(C)(C)C(=O)C1CCC1. The molecule has 1 saturated carbocycles. The van der Waals surface area contributed by atoms with Crippen LogP contribution in [0.1, 0.15) is 47.0 Å². The highest BCUT2D eigenvalue weighted by Crippen LogP contribution is 2.38. The molecular weight excluding hydrogens is 162 g/mol. The van der Waals surface area contributed by atoms with Gasteiger partial charge in [-0.2, -0.15) is 0 Å². The minimum atomic E-state index is -0.417. The first-order chi connectivity index (χ1) is 5.77. The Balaban J connectivity index is 2.73. The van der Waals surface area contributed by atoms with Crippen molar-refractivity contribution < 1.29 is 4.79 Å². The van der Waals surface area contributed by atoms with Crippen molar-refractivity contribution in [2.24, 2.45) is 17.1 Å². The molecule has 0 amide bonds. The average molecular weight is 183 g/mol. The zero-order valence-corrected chi connectivity index (χ0v) is 9.18. The number of rotatable bonds is 3. The van der Waals surface area contributed by atoms with Crippen molar-refractivity contribution >= 4 is 5.78 Å². The summed E-state index contributed by atoms with van der Waals surface area (Å²) >= 11 is 0. The molecule has 1 aliphatic carbocycles. The number of ketones is 1. The van der Waals surface area contributed by atoms with Crippen molar-refractivity contribution in [2.45, 2.75) is 52.5 Å². The van der Waals surface area contributed by atoms with E-state index in [2.05, 4.69) is 0 Å². The lowest BCUT2D eigenvalue weighted by atomic mass is 9.65. The van der Waals surface area contributed by atoms with Crippen LogP contribution < -0.4 is 5.73 Å². The highest BCUT2D eigenvalue weighted by Gasteiger charge is 2.44. The molecule has 0 aromatic carbocycles. The monoisotopic (exact) mass is 183 g/mol. The van der Waals surface area contributed by atoms with Gasteiger partial charge in [-0.05, 0) is 26.7 Å². The van der Waals surface area contributed by atoms with E-state index in [9.17, 15) is 4.79 Å². The lowest BCUT2D eigenvalue weighted by molar-refractivity contribution is -0.136. The zero-order chi connectivity index (χ0) is 10.3. The zero-order valence-electron chi connectivity index (χ0n) is 9.18. The number of hydrogen-bond acceptors (Lipinski definition) is 2. The van der Waals surface area contributed by atoms with E-state index in [0.29, 0.717) is 5.78 Å². The molecule has 76 valence electrons. The number of carbonyl (C=O) groups is 1. The van der Waals surface area contributed by atoms with E-state index in [4.69, 9.17) is 5.73 Å². The lowest BCUT2D eigenvalue weighted by Gasteiger charge is -2.41. The van der Waals surface area contributed by atoms with Gasteiger partial charge in [0.1, 0.15) is 5.78 Å². The molecule has 1 rings (SSSR count). The molecule has 0 heterocycles. The molecular formula is C11H21NO. The molecule has 0 aliphatic heterocycles. The van der Waals surface area contributed by atoms with Crippen LogP contribution in [0.4, 0.5) is 0 Å². The Kier molecular flexibility index (Phi) is 2.54. The van der Waals surface area contributed by atoms with Gasteiger partial charge in [0.25, 0.3) is 0 Å². The molecule has 0 unspecified atom stereocenters. The van der Waals surface area contributed by atoms with Crippen molar-refractivity contribution in [1.82, 2.24) is 0 Å². The largest absolute Gasteiger partial charge is 0.325 e. The average Bonchev–Trinajstić information content (AvgIpc) is 1.80. The molecule has 2 heteroatoms. The summed E-state index contributed by atoms with van der Waals surface area (Å²) in [6, 6.07) is 0. The van der Waals surface area contributed by atoms with Gasteiger partial charge < -0.3 is 5.73 Å². The van der Waals surface area contributed by atoms with Gasteiger partial charge in [0, 0.05) is 16.9 Å². The Morgan fingerprint density at radius 1 is 1.23 bits per heavy atom. The van der Waals surface area contributed by atoms with Crippen LogP contribution in [0.5, 0.6) is 0 Å². The molecule has 0 saturated heterocycles. The Bertz CT molecular complexity index is 209. The number of hydrogen-bond donors (Lipinski definition) is 1. The maximum atomic E-state index is 12.0. The highest BCUT2D eigenvalue weighted by atomic mass is 16.1. The van der Waals surface area contributed by atoms with Crippen LogP contribution in [-0.4, -0.2) is 11.3 Å². The smallest absolute Gasteiger partial charge is 0.143 e. The summed E-state index contributed by atoms with van der Waals surface area (Å²) < 4.78 is 0. The fourth-order valence-electron chi connectivity index (χ4n) is 1.50. The van der Waals surface area contributed by atoms with E-state index in [-0.39, 0.29) is 5.92 Å². The number of Topliss-reactive ketones (excluding diaryl/α,β-unsaturated/α-hetero) is 1. The van der Waals surface area contributed by atoms with Crippen LogP contribution in [-0.2, 0) is 4.79 Å². The molecule has 0 spiro atoms. The molecule has 0 radical (unpaired) electrons. The molecule has 0 aromatic rings. The summed E-state index contributed by atoms with van der Waals surface area (Å²) in [6.07, 6.45) is 3.34. The van der Waals surface area contributed by atoms with Crippen molar-refractivity contribution in [3.63, 3.8) is 0 Å². The molecule has 1 aliphatic rings. The Morgan fingerprint density at radius 3 is 1.92 bits per heavy atom. The predicted octanol–water partition coefficient (Wildman–Crippen LogP) is 2.12. The van der Waals surface area contributed by atoms with Crippen LogP contribution in [0.25, 0.3) is 0 Å². The second-order valence-electron chi connectivity index (χ2n) is 5.34. The van der Waals surface area contributed by atoms with Gasteiger partial charge >= 0.3 is 0 Å². The Labute approximate surface area is 80.9 Å². The summed E-state index contributed by atoms with van der Waals surface area (Å²) in [7, 11) is 0. The molecule has 0 aromatic heterocycles. The van der Waals surface area contributed by atoms with Crippen LogP contribution in [0.3, 0.4) is 0 Å². The van der Waals surface area contributed by atoms with Gasteiger partial charge in [0.15, 0.2) is 0 Å². The predicted molar refractivity (Wildman–Crippen MR) is 54.4 cm³/mol. The molecule has 2 N–H and O–H groups in total. The fourth-order valence-corrected chi connectivity index (χ4v) is 1.50. The van der Waals surface area contributed by atoms with E-state index in [0.717, 1.165) is 12.8 Å². The van der Waals surface area contributed by atoms with Crippen molar-refractivity contribution in [2.75, 3.05) is 0 Å². The summed E-state index contributed by atoms with van der Waals surface area (Å²) in [5.74, 6) is 0.643. The second kappa shape index (κ2) is 3.09. The van der Waals surface area contributed by atoms with Gasteiger partial charge in [-0.25, -0.2) is 0 Å². The first-order valence-corrected chi connectivity index (χ1v) is 5.10. The summed E-state index contributed by atoms with van der Waals surface area (Å²) in [5.41, 5.74) is 5.20. The third-order valence-electron chi connectivity index (χ3n) is 3.70. The summed E-state index contributed by atoms with van der Waals surface area (Å²) in [4.78, 5) is 12.0. The van der Waals surface area contributed by atoms with Gasteiger partial charge in [0.05, 0.1) is 0 Å². The van der Waals surface area contributed by atoms with Crippen molar-refractivity contribution in [1.29, 1.82) is 0 Å². The van der Waals surface area contributed by atoms with E-state index < -0.39 is 11.0 Å². The van der Waals surface area contributed by atoms with Crippen molar-refractivity contribution in [3.8, 4) is 0 Å². The maximum Gasteiger partial charge on any atom is 0.143 e. The molecule has 2 nitrogen and oxygen atoms in total. The maximum absolute atomic E-state index is 12.0. The first kappa shape index (κ1) is 10.7. The quantitative estimate of drug-likeness (QED) is 0.728. The van der Waals surface area contributed by atoms with Crippen LogP contribution in [0.15, 0.2) is 0 Å². The molecule has 0 atom stereocenters. The highest BCUT2D eigenvalue weighted by molar-refractivity contribution is 5.88. The van der Waals surface area contributed by atoms with Gasteiger partial charge in [0.2, 0.25) is 0 Å². The number of nitrogens with two attached hydrogens (primary N) is 1. The van der Waals surface area contributed by atoms with E-state index in [1.807, 2.05) is 27.7 Å². The molecule has 13 heavy (non-hydrogen) atoms. The Morgan fingerprint density at radius 2 is 1.69 bits per heavy atom. The summed E-state index contributed by atoms with van der Waals surface area (Å²) in [6.45, 7) is 7.80. The minimum Gasteiger partial charge on any atom is -0.325 e. The summed E-state index contributed by atoms with van der Waals surface area (Å²) in [5, 5.41) is 0. The van der Waals surface area contributed by atoms with Gasteiger partial charge in [-0.15, -0.1) is 0 Å². The second-order valence-corrected chi connectivity index (χ2v) is 5.34. The third kappa shape index (κ3) is 1.78. The lowest BCUT2D eigenvalue weighted by Crippen LogP contribution is -2.54. The topological polar surface area (TPSA) is 43.1 Å². The standard InChI is InChI=1S/C11H21NO/c1-10(2,11(3,4)12)9(13)8-6-5-7-8/h8H,5-7,12H2,1-4H3. The van der Waals surface area contributed by atoms with Crippen LogP contribution in [0, 0.1) is 11.3 Å². The van der Waals surface area contributed by atoms with Gasteiger partial charge in [-0.3, -0.25) is 4.79 Å². The fraction of sp³-hybridized carbons (Fsp3) is 0.909. The molecule has 0 bridgehead atoms. The van der Waals surface area contributed by atoms with E-state index in [1.165, 1.54) is 6.42 Å². The van der Waals surface area contributed by atoms with Crippen LogP contribution >= 0.6 is 0 Å². The normalized spacial score (nSPS) is 19.8. The number of carbonyl (C=O) groups excluding carboxylic acids is 1. The van der Waals surface area contributed by atoms with Gasteiger partial charge in [-0.1, -0.05) is 20.3 Å². The molecule has 1 fully saturated rings.